The Bertz CT molecular complexity index is 299. The normalized spacial score (nSPS) is 14.8. The molecule has 0 heterocycles. The maximum absolute atomic E-state index is 3.32. The van der Waals surface area contributed by atoms with Gasteiger partial charge in [0, 0.05) is 10.1 Å². The van der Waals surface area contributed by atoms with E-state index in [1.165, 1.54) is 28.4 Å². The molecule has 1 aromatic carbocycles. The van der Waals surface area contributed by atoms with Crippen LogP contribution in [0.3, 0.4) is 0 Å². The molecule has 1 N–H and O–H groups in total. The molecule has 1 rings (SSSR count). The van der Waals surface area contributed by atoms with Gasteiger partial charge in [-0.2, -0.15) is 0 Å². The summed E-state index contributed by atoms with van der Waals surface area (Å²) in [6.07, 6.45) is 3.70. The van der Waals surface area contributed by atoms with E-state index >= 15 is 0 Å². The molecule has 0 radical (unpaired) electrons. The third kappa shape index (κ3) is 4.42. The number of halogens is 1. The molecule has 1 nitrogen and oxygen atoms in total. The van der Waals surface area contributed by atoms with Crippen LogP contribution in [-0.2, 0) is 6.42 Å². The summed E-state index contributed by atoms with van der Waals surface area (Å²) in [4.78, 5) is 0. The van der Waals surface area contributed by atoms with Gasteiger partial charge >= 0.3 is 0 Å². The first kappa shape index (κ1) is 14.0. The molecule has 0 saturated heterocycles. The highest BCUT2D eigenvalue weighted by molar-refractivity contribution is 14.1. The van der Waals surface area contributed by atoms with Crippen LogP contribution in [0, 0.1) is 8.99 Å². The molecule has 1 aromatic rings. The maximum Gasteiger partial charge on any atom is 0.0130 e. The monoisotopic (exact) mass is 331 g/mol. The Morgan fingerprint density at radius 3 is 2.38 bits per heavy atom. The van der Waals surface area contributed by atoms with Crippen LogP contribution < -0.4 is 5.32 Å². The highest BCUT2D eigenvalue weighted by atomic mass is 127. The van der Waals surface area contributed by atoms with Gasteiger partial charge in [-0.25, -0.2) is 0 Å². The lowest BCUT2D eigenvalue weighted by Gasteiger charge is -2.29. The summed E-state index contributed by atoms with van der Waals surface area (Å²) in [6.45, 7) is 5.74. The molecule has 1 unspecified atom stereocenters. The summed E-state index contributed by atoms with van der Waals surface area (Å²) in [5.41, 5.74) is 1.84. The Morgan fingerprint density at radius 2 is 1.88 bits per heavy atom. The fourth-order valence-corrected chi connectivity index (χ4v) is 2.72. The minimum atomic E-state index is 0.385. The minimum absolute atomic E-state index is 0.385. The van der Waals surface area contributed by atoms with Crippen molar-refractivity contribution in [2.75, 3.05) is 13.6 Å². The summed E-state index contributed by atoms with van der Waals surface area (Å²) in [7, 11) is 2.04. The minimum Gasteiger partial charge on any atom is -0.319 e. The van der Waals surface area contributed by atoms with Crippen molar-refractivity contribution in [2.45, 2.75) is 33.1 Å². The van der Waals surface area contributed by atoms with Crippen LogP contribution in [0.25, 0.3) is 0 Å². The summed E-state index contributed by atoms with van der Waals surface area (Å²) in [6, 6.07) is 8.90. The number of benzene rings is 1. The van der Waals surface area contributed by atoms with Gasteiger partial charge < -0.3 is 5.32 Å². The average Bonchev–Trinajstić information content (AvgIpc) is 2.22. The first-order valence-corrected chi connectivity index (χ1v) is 7.06. The molecule has 0 aliphatic rings. The van der Waals surface area contributed by atoms with Crippen molar-refractivity contribution >= 4 is 22.6 Å². The van der Waals surface area contributed by atoms with E-state index < -0.39 is 0 Å². The van der Waals surface area contributed by atoms with E-state index in [1.54, 1.807) is 0 Å². The third-order valence-corrected chi connectivity index (χ3v) is 3.72. The largest absolute Gasteiger partial charge is 0.319 e. The maximum atomic E-state index is 3.32. The SMILES string of the molecule is CCCC(C)(CNC)Cc1ccc(I)cc1. The van der Waals surface area contributed by atoms with Crippen LogP contribution in [0.5, 0.6) is 0 Å². The lowest BCUT2D eigenvalue weighted by Crippen LogP contribution is -2.31. The summed E-state index contributed by atoms with van der Waals surface area (Å²) in [5.74, 6) is 0. The summed E-state index contributed by atoms with van der Waals surface area (Å²) < 4.78 is 1.31. The predicted molar refractivity (Wildman–Crippen MR) is 79.8 cm³/mol. The summed E-state index contributed by atoms with van der Waals surface area (Å²) >= 11 is 2.35. The van der Waals surface area contributed by atoms with Crippen LogP contribution in [0.4, 0.5) is 0 Å². The zero-order chi connectivity index (χ0) is 12.0. The van der Waals surface area contributed by atoms with Gasteiger partial charge in [0.1, 0.15) is 0 Å². The van der Waals surface area contributed by atoms with E-state index in [0.29, 0.717) is 5.41 Å². The fraction of sp³-hybridized carbons (Fsp3) is 0.571. The van der Waals surface area contributed by atoms with Crippen LogP contribution in [-0.4, -0.2) is 13.6 Å². The van der Waals surface area contributed by atoms with Crippen molar-refractivity contribution in [2.24, 2.45) is 5.41 Å². The van der Waals surface area contributed by atoms with E-state index in [4.69, 9.17) is 0 Å². The average molecular weight is 331 g/mol. The molecule has 0 saturated carbocycles. The van der Waals surface area contributed by atoms with Crippen LogP contribution in [0.2, 0.25) is 0 Å². The summed E-state index contributed by atoms with van der Waals surface area (Å²) in [5, 5.41) is 3.32. The van der Waals surface area contributed by atoms with E-state index in [9.17, 15) is 0 Å². The van der Waals surface area contributed by atoms with E-state index in [-0.39, 0.29) is 0 Å². The van der Waals surface area contributed by atoms with Crippen molar-refractivity contribution in [1.29, 1.82) is 0 Å². The van der Waals surface area contributed by atoms with Gasteiger partial charge in [-0.05, 0) is 65.6 Å². The second-order valence-electron chi connectivity index (χ2n) is 4.89. The van der Waals surface area contributed by atoms with E-state index in [0.717, 1.165) is 6.54 Å². The van der Waals surface area contributed by atoms with Crippen molar-refractivity contribution in [1.82, 2.24) is 5.32 Å². The zero-order valence-electron chi connectivity index (χ0n) is 10.5. The second-order valence-corrected chi connectivity index (χ2v) is 6.14. The molecular weight excluding hydrogens is 309 g/mol. The van der Waals surface area contributed by atoms with Crippen LogP contribution in [0.15, 0.2) is 24.3 Å². The van der Waals surface area contributed by atoms with Gasteiger partial charge in [0.15, 0.2) is 0 Å². The molecule has 0 bridgehead atoms. The Hall–Kier alpha value is -0.0900. The van der Waals surface area contributed by atoms with Crippen molar-refractivity contribution in [3.8, 4) is 0 Å². The number of rotatable bonds is 6. The quantitative estimate of drug-likeness (QED) is 0.781. The molecule has 90 valence electrons. The second kappa shape index (κ2) is 6.60. The number of hydrogen-bond acceptors (Lipinski definition) is 1. The van der Waals surface area contributed by atoms with Crippen LogP contribution in [0.1, 0.15) is 32.3 Å². The highest BCUT2D eigenvalue weighted by Gasteiger charge is 2.22. The van der Waals surface area contributed by atoms with Gasteiger partial charge in [-0.15, -0.1) is 0 Å². The molecule has 0 aromatic heterocycles. The smallest absolute Gasteiger partial charge is 0.0130 e. The van der Waals surface area contributed by atoms with Gasteiger partial charge in [0.25, 0.3) is 0 Å². The molecule has 0 fully saturated rings. The van der Waals surface area contributed by atoms with E-state index in [2.05, 4.69) is 66.0 Å². The van der Waals surface area contributed by atoms with Gasteiger partial charge in [0.05, 0.1) is 0 Å². The van der Waals surface area contributed by atoms with Crippen molar-refractivity contribution in [3.63, 3.8) is 0 Å². The molecule has 2 heteroatoms. The van der Waals surface area contributed by atoms with Crippen molar-refractivity contribution in [3.05, 3.63) is 33.4 Å². The Balaban J connectivity index is 2.70. The fourth-order valence-electron chi connectivity index (χ4n) is 2.36. The van der Waals surface area contributed by atoms with Gasteiger partial charge in [0.2, 0.25) is 0 Å². The Kier molecular flexibility index (Phi) is 5.76. The first-order valence-electron chi connectivity index (χ1n) is 5.99. The lowest BCUT2D eigenvalue weighted by molar-refractivity contribution is 0.283. The van der Waals surface area contributed by atoms with Gasteiger partial charge in [-0.3, -0.25) is 0 Å². The topological polar surface area (TPSA) is 12.0 Å². The molecule has 0 aliphatic heterocycles. The molecule has 1 atom stereocenters. The standard InChI is InChI=1S/C14H22IN/c1-4-9-14(2,11-16-3)10-12-5-7-13(15)8-6-12/h5-8,16H,4,9-11H2,1-3H3. The van der Waals surface area contributed by atoms with E-state index in [1.807, 2.05) is 7.05 Å². The first-order chi connectivity index (χ1) is 7.59. The molecule has 16 heavy (non-hydrogen) atoms. The lowest BCUT2D eigenvalue weighted by atomic mass is 9.79. The van der Waals surface area contributed by atoms with Crippen LogP contribution >= 0.6 is 22.6 Å². The predicted octanol–water partition coefficient (Wildman–Crippen LogP) is 3.86. The number of nitrogens with one attached hydrogen (secondary N) is 1. The molecule has 0 amide bonds. The zero-order valence-corrected chi connectivity index (χ0v) is 12.7. The number of hydrogen-bond donors (Lipinski definition) is 1. The van der Waals surface area contributed by atoms with Crippen molar-refractivity contribution < 1.29 is 0 Å². The Morgan fingerprint density at radius 1 is 1.25 bits per heavy atom. The molecule has 0 spiro atoms. The third-order valence-electron chi connectivity index (χ3n) is 3.00. The highest BCUT2D eigenvalue weighted by Crippen LogP contribution is 2.27. The Labute approximate surface area is 113 Å². The molecule has 0 aliphatic carbocycles. The molecular formula is C14H22IN. The van der Waals surface area contributed by atoms with Gasteiger partial charge in [-0.1, -0.05) is 32.4 Å².